The van der Waals surface area contributed by atoms with Crippen LogP contribution in [0.2, 0.25) is 0 Å². The fourth-order valence-electron chi connectivity index (χ4n) is 1.49. The third-order valence-corrected chi connectivity index (χ3v) is 3.42. The maximum absolute atomic E-state index is 8.72. The first-order chi connectivity index (χ1) is 9.31. The summed E-state index contributed by atoms with van der Waals surface area (Å²) < 4.78 is 5.70. The molecule has 0 heterocycles. The number of nitrogens with zero attached hydrogens (tertiary/aromatic N) is 1. The Morgan fingerprint density at radius 2 is 1.63 bits per heavy atom. The van der Waals surface area contributed by atoms with Gasteiger partial charge < -0.3 is 4.74 Å². The van der Waals surface area contributed by atoms with Crippen LogP contribution in [0.3, 0.4) is 0 Å². The van der Waals surface area contributed by atoms with Crippen molar-refractivity contribution in [3.05, 3.63) is 66.7 Å². The molecule has 0 spiro atoms. The molecule has 3 heteroatoms. The molecule has 0 unspecified atom stereocenters. The molecule has 19 heavy (non-hydrogen) atoms. The van der Waals surface area contributed by atoms with Gasteiger partial charge in [-0.3, -0.25) is 0 Å². The van der Waals surface area contributed by atoms with Crippen molar-refractivity contribution in [3.63, 3.8) is 0 Å². The minimum Gasteiger partial charge on any atom is -0.457 e. The van der Waals surface area contributed by atoms with Crippen LogP contribution in [0.5, 0.6) is 11.5 Å². The zero-order valence-corrected chi connectivity index (χ0v) is 11.2. The minimum absolute atomic E-state index is 0.628. The Bertz CT molecular complexity index is 582. The van der Waals surface area contributed by atoms with Crippen LogP contribution in [0.25, 0.3) is 0 Å². The standard InChI is InChI=1S/C16H13NOS/c1-2-11-19-16-9-7-15(8-10-16)18-14-5-3-13(12-17)4-6-14/h2-10H,1,11H2. The second-order valence-corrected chi connectivity index (χ2v) is 4.90. The SMILES string of the molecule is C=CCSc1ccc(Oc2ccc(C#N)cc2)cc1. The summed E-state index contributed by atoms with van der Waals surface area (Å²) in [6, 6.07) is 17.0. The van der Waals surface area contributed by atoms with Gasteiger partial charge in [-0.1, -0.05) is 6.08 Å². The van der Waals surface area contributed by atoms with E-state index < -0.39 is 0 Å². The van der Waals surface area contributed by atoms with Gasteiger partial charge in [0.15, 0.2) is 0 Å². The van der Waals surface area contributed by atoms with E-state index in [0.29, 0.717) is 5.56 Å². The van der Waals surface area contributed by atoms with Crippen molar-refractivity contribution in [2.45, 2.75) is 4.90 Å². The molecular weight excluding hydrogens is 254 g/mol. The molecule has 0 atom stereocenters. The Hall–Kier alpha value is -2.18. The fourth-order valence-corrected chi connectivity index (χ4v) is 2.13. The molecule has 2 aromatic rings. The monoisotopic (exact) mass is 267 g/mol. The molecule has 0 bridgehead atoms. The van der Waals surface area contributed by atoms with Crippen molar-refractivity contribution >= 4 is 11.8 Å². The minimum atomic E-state index is 0.628. The summed E-state index contributed by atoms with van der Waals surface area (Å²) in [4.78, 5) is 1.19. The Labute approximate surface area is 117 Å². The van der Waals surface area contributed by atoms with Crippen LogP contribution in [0.1, 0.15) is 5.56 Å². The molecule has 0 aliphatic rings. The number of ether oxygens (including phenoxy) is 1. The number of rotatable bonds is 5. The third-order valence-electron chi connectivity index (χ3n) is 2.41. The first-order valence-corrected chi connectivity index (χ1v) is 6.82. The Morgan fingerprint density at radius 1 is 1.05 bits per heavy atom. The fraction of sp³-hybridized carbons (Fsp3) is 0.0625. The van der Waals surface area contributed by atoms with Crippen LogP contribution in [0.4, 0.5) is 0 Å². The van der Waals surface area contributed by atoms with E-state index in [9.17, 15) is 0 Å². The van der Waals surface area contributed by atoms with E-state index in [4.69, 9.17) is 10.00 Å². The van der Waals surface area contributed by atoms with Crippen molar-refractivity contribution in [3.8, 4) is 17.6 Å². The molecule has 0 radical (unpaired) electrons. The highest BCUT2D eigenvalue weighted by atomic mass is 32.2. The number of nitriles is 1. The second-order valence-electron chi connectivity index (χ2n) is 3.81. The molecule has 0 aromatic heterocycles. The maximum Gasteiger partial charge on any atom is 0.127 e. The Kier molecular flexibility index (Phi) is 4.66. The van der Waals surface area contributed by atoms with Gasteiger partial charge in [-0.2, -0.15) is 5.26 Å². The molecular formula is C16H13NOS. The molecule has 0 fully saturated rings. The molecule has 0 N–H and O–H groups in total. The maximum atomic E-state index is 8.72. The zero-order valence-electron chi connectivity index (χ0n) is 10.4. The van der Waals surface area contributed by atoms with Gasteiger partial charge in [0.05, 0.1) is 11.6 Å². The van der Waals surface area contributed by atoms with Gasteiger partial charge in [-0.05, 0) is 48.5 Å². The summed E-state index contributed by atoms with van der Waals surface area (Å²) in [5.74, 6) is 2.41. The van der Waals surface area contributed by atoms with Gasteiger partial charge >= 0.3 is 0 Å². The molecule has 0 aliphatic heterocycles. The summed E-state index contributed by atoms with van der Waals surface area (Å²) >= 11 is 1.73. The van der Waals surface area contributed by atoms with Crippen molar-refractivity contribution in [2.75, 3.05) is 5.75 Å². The molecule has 2 nitrogen and oxygen atoms in total. The average molecular weight is 267 g/mol. The van der Waals surface area contributed by atoms with Crippen molar-refractivity contribution < 1.29 is 4.74 Å². The van der Waals surface area contributed by atoms with Gasteiger partial charge in [-0.25, -0.2) is 0 Å². The van der Waals surface area contributed by atoms with E-state index in [1.54, 1.807) is 36.0 Å². The molecule has 0 saturated heterocycles. The lowest BCUT2D eigenvalue weighted by atomic mass is 10.2. The van der Waals surface area contributed by atoms with Gasteiger partial charge in [0, 0.05) is 10.6 Å². The van der Waals surface area contributed by atoms with E-state index in [1.807, 2.05) is 30.3 Å². The summed E-state index contributed by atoms with van der Waals surface area (Å²) in [7, 11) is 0. The van der Waals surface area contributed by atoms with Gasteiger partial charge in [0.25, 0.3) is 0 Å². The van der Waals surface area contributed by atoms with Crippen LogP contribution >= 0.6 is 11.8 Å². The topological polar surface area (TPSA) is 33.0 Å². The summed E-state index contributed by atoms with van der Waals surface area (Å²) in [5.41, 5.74) is 0.628. The van der Waals surface area contributed by atoms with Gasteiger partial charge in [-0.15, -0.1) is 18.3 Å². The molecule has 0 aliphatic carbocycles. The predicted molar refractivity (Wildman–Crippen MR) is 78.6 cm³/mol. The summed E-state index contributed by atoms with van der Waals surface area (Å²) in [6.07, 6.45) is 1.88. The summed E-state index contributed by atoms with van der Waals surface area (Å²) in [6.45, 7) is 3.69. The first kappa shape index (κ1) is 13.3. The van der Waals surface area contributed by atoms with Crippen LogP contribution < -0.4 is 4.74 Å². The number of thioether (sulfide) groups is 1. The van der Waals surface area contributed by atoms with Crippen molar-refractivity contribution in [1.29, 1.82) is 5.26 Å². The Morgan fingerprint density at radius 3 is 2.16 bits per heavy atom. The molecule has 2 rings (SSSR count). The van der Waals surface area contributed by atoms with E-state index in [-0.39, 0.29) is 0 Å². The van der Waals surface area contributed by atoms with E-state index in [1.165, 1.54) is 4.90 Å². The smallest absolute Gasteiger partial charge is 0.127 e. The average Bonchev–Trinajstić information content (AvgIpc) is 2.47. The van der Waals surface area contributed by atoms with Gasteiger partial charge in [0.2, 0.25) is 0 Å². The van der Waals surface area contributed by atoms with E-state index >= 15 is 0 Å². The highest BCUT2D eigenvalue weighted by Crippen LogP contribution is 2.25. The van der Waals surface area contributed by atoms with Gasteiger partial charge in [0.1, 0.15) is 11.5 Å². The quantitative estimate of drug-likeness (QED) is 0.585. The molecule has 2 aromatic carbocycles. The molecule has 94 valence electrons. The molecule has 0 saturated carbocycles. The van der Waals surface area contributed by atoms with Crippen LogP contribution in [0, 0.1) is 11.3 Å². The predicted octanol–water partition coefficient (Wildman–Crippen LogP) is 4.63. The zero-order chi connectivity index (χ0) is 13.5. The van der Waals surface area contributed by atoms with E-state index in [0.717, 1.165) is 17.3 Å². The van der Waals surface area contributed by atoms with E-state index in [2.05, 4.69) is 12.6 Å². The lowest BCUT2D eigenvalue weighted by molar-refractivity contribution is 0.482. The van der Waals surface area contributed by atoms with Crippen molar-refractivity contribution in [2.24, 2.45) is 0 Å². The second kappa shape index (κ2) is 6.67. The van der Waals surface area contributed by atoms with Crippen molar-refractivity contribution in [1.82, 2.24) is 0 Å². The highest BCUT2D eigenvalue weighted by Gasteiger charge is 1.98. The highest BCUT2D eigenvalue weighted by molar-refractivity contribution is 7.99. The van der Waals surface area contributed by atoms with Crippen LogP contribution in [-0.2, 0) is 0 Å². The van der Waals surface area contributed by atoms with Crippen LogP contribution in [0.15, 0.2) is 66.1 Å². The summed E-state index contributed by atoms with van der Waals surface area (Å²) in [5, 5.41) is 8.72. The first-order valence-electron chi connectivity index (χ1n) is 5.83. The largest absolute Gasteiger partial charge is 0.457 e. The lowest BCUT2D eigenvalue weighted by Gasteiger charge is -2.06. The van der Waals surface area contributed by atoms with Crippen LogP contribution in [-0.4, -0.2) is 5.75 Å². The molecule has 0 amide bonds. The third kappa shape index (κ3) is 3.90. The number of hydrogen-bond donors (Lipinski definition) is 0. The normalized spacial score (nSPS) is 9.63. The lowest BCUT2D eigenvalue weighted by Crippen LogP contribution is -1.84. The Balaban J connectivity index is 2.02. The number of hydrogen-bond acceptors (Lipinski definition) is 3. The number of benzene rings is 2.